The Bertz CT molecular complexity index is 266. The van der Waals surface area contributed by atoms with Crippen molar-refractivity contribution in [2.45, 2.75) is 31.5 Å². The standard InChI is InChI=1S/C11H18F3N3/c1-17(7-9(6-15)11(12,13)14)8-10-4-2-3-5-16-10/h9-10,16H,2-5,7-8H2,1H3. The first-order chi connectivity index (χ1) is 7.93. The zero-order chi connectivity index (χ0) is 12.9. The highest BCUT2D eigenvalue weighted by molar-refractivity contribution is 4.90. The van der Waals surface area contributed by atoms with Gasteiger partial charge in [0.15, 0.2) is 5.92 Å². The Balaban J connectivity index is 2.37. The third-order valence-electron chi connectivity index (χ3n) is 2.99. The van der Waals surface area contributed by atoms with Crippen LogP contribution in [0.3, 0.4) is 0 Å². The fraction of sp³-hybridized carbons (Fsp3) is 0.909. The van der Waals surface area contributed by atoms with Crippen molar-refractivity contribution in [1.82, 2.24) is 10.2 Å². The van der Waals surface area contributed by atoms with Gasteiger partial charge >= 0.3 is 6.18 Å². The Morgan fingerprint density at radius 2 is 2.18 bits per heavy atom. The van der Waals surface area contributed by atoms with Crippen LogP contribution in [-0.4, -0.2) is 43.8 Å². The topological polar surface area (TPSA) is 39.1 Å². The Kier molecular flexibility index (Phi) is 5.22. The van der Waals surface area contributed by atoms with Crippen LogP contribution in [0, 0.1) is 17.2 Å². The predicted molar refractivity (Wildman–Crippen MR) is 58.3 cm³/mol. The van der Waals surface area contributed by atoms with Crippen LogP contribution < -0.4 is 5.32 Å². The molecule has 0 spiro atoms. The van der Waals surface area contributed by atoms with Gasteiger partial charge in [-0.3, -0.25) is 0 Å². The average molecular weight is 249 g/mol. The molecular formula is C11H18F3N3. The maximum atomic E-state index is 12.4. The third kappa shape index (κ3) is 4.92. The van der Waals surface area contributed by atoms with Crippen molar-refractivity contribution in [2.75, 3.05) is 26.7 Å². The molecular weight excluding hydrogens is 231 g/mol. The zero-order valence-corrected chi connectivity index (χ0v) is 9.93. The molecule has 0 saturated carbocycles. The Labute approximate surface area is 99.6 Å². The molecule has 1 N–H and O–H groups in total. The zero-order valence-electron chi connectivity index (χ0n) is 9.93. The van der Waals surface area contributed by atoms with Crippen LogP contribution >= 0.6 is 0 Å². The molecule has 2 atom stereocenters. The van der Waals surface area contributed by atoms with Gasteiger partial charge in [-0.1, -0.05) is 6.42 Å². The number of hydrogen-bond acceptors (Lipinski definition) is 3. The number of piperidine rings is 1. The van der Waals surface area contributed by atoms with E-state index in [2.05, 4.69) is 5.32 Å². The Hall–Kier alpha value is -0.800. The highest BCUT2D eigenvalue weighted by Crippen LogP contribution is 2.26. The molecule has 0 aliphatic carbocycles. The van der Waals surface area contributed by atoms with Crippen molar-refractivity contribution >= 4 is 0 Å². The summed E-state index contributed by atoms with van der Waals surface area (Å²) in [7, 11) is 1.63. The predicted octanol–water partition coefficient (Wildman–Crippen LogP) is 1.76. The van der Waals surface area contributed by atoms with E-state index in [1.165, 1.54) is 6.07 Å². The molecule has 6 heteroatoms. The van der Waals surface area contributed by atoms with Crippen molar-refractivity contribution < 1.29 is 13.2 Å². The van der Waals surface area contributed by atoms with Crippen LogP contribution in [0.15, 0.2) is 0 Å². The molecule has 1 saturated heterocycles. The van der Waals surface area contributed by atoms with Crippen LogP contribution in [0.4, 0.5) is 13.2 Å². The minimum absolute atomic E-state index is 0.251. The first kappa shape index (κ1) is 14.3. The molecule has 1 heterocycles. The summed E-state index contributed by atoms with van der Waals surface area (Å²) in [5.41, 5.74) is 0. The molecule has 17 heavy (non-hydrogen) atoms. The van der Waals surface area contributed by atoms with Gasteiger partial charge < -0.3 is 10.2 Å². The first-order valence-corrected chi connectivity index (χ1v) is 5.81. The molecule has 0 bridgehead atoms. The van der Waals surface area contributed by atoms with Crippen LogP contribution in [0.25, 0.3) is 0 Å². The van der Waals surface area contributed by atoms with Gasteiger partial charge in [0.2, 0.25) is 0 Å². The number of nitrogens with one attached hydrogen (secondary N) is 1. The summed E-state index contributed by atoms with van der Waals surface area (Å²) in [6.07, 6.45) is -1.19. The number of nitrogens with zero attached hydrogens (tertiary/aromatic N) is 2. The van der Waals surface area contributed by atoms with Crippen LogP contribution in [0.5, 0.6) is 0 Å². The molecule has 0 radical (unpaired) electrons. The number of likely N-dealkylation sites (N-methyl/N-ethyl adjacent to an activating group) is 1. The van der Waals surface area contributed by atoms with E-state index in [1.54, 1.807) is 11.9 Å². The van der Waals surface area contributed by atoms with E-state index in [0.29, 0.717) is 6.54 Å². The molecule has 3 nitrogen and oxygen atoms in total. The fourth-order valence-corrected chi connectivity index (χ4v) is 2.06. The van der Waals surface area contributed by atoms with E-state index >= 15 is 0 Å². The maximum Gasteiger partial charge on any atom is 0.405 e. The van der Waals surface area contributed by atoms with Crippen molar-refractivity contribution in [3.8, 4) is 6.07 Å². The molecule has 98 valence electrons. The van der Waals surface area contributed by atoms with Crippen molar-refractivity contribution in [1.29, 1.82) is 5.26 Å². The Morgan fingerprint density at radius 1 is 1.47 bits per heavy atom. The van der Waals surface area contributed by atoms with Crippen molar-refractivity contribution in [3.05, 3.63) is 0 Å². The number of nitriles is 1. The second-order valence-corrected chi connectivity index (χ2v) is 4.59. The number of alkyl halides is 3. The number of hydrogen-bond donors (Lipinski definition) is 1. The summed E-state index contributed by atoms with van der Waals surface area (Å²) in [5.74, 6) is -1.89. The van der Waals surface area contributed by atoms with Gasteiger partial charge in [-0.05, 0) is 26.4 Å². The fourth-order valence-electron chi connectivity index (χ4n) is 2.06. The molecule has 0 aromatic heterocycles. The summed E-state index contributed by atoms with van der Waals surface area (Å²) in [5, 5.41) is 11.8. The normalized spacial score (nSPS) is 23.4. The van der Waals surface area contributed by atoms with E-state index < -0.39 is 12.1 Å². The van der Waals surface area contributed by atoms with E-state index in [0.717, 1.165) is 25.8 Å². The summed E-state index contributed by atoms with van der Waals surface area (Å²) >= 11 is 0. The van der Waals surface area contributed by atoms with Gasteiger partial charge in [-0.25, -0.2) is 0 Å². The number of halogens is 3. The second-order valence-electron chi connectivity index (χ2n) is 4.59. The highest BCUT2D eigenvalue weighted by Gasteiger charge is 2.40. The van der Waals surface area contributed by atoms with E-state index in [-0.39, 0.29) is 12.6 Å². The van der Waals surface area contributed by atoms with E-state index in [4.69, 9.17) is 5.26 Å². The lowest BCUT2D eigenvalue weighted by atomic mass is 10.0. The van der Waals surface area contributed by atoms with Crippen LogP contribution in [-0.2, 0) is 0 Å². The molecule has 0 amide bonds. The smallest absolute Gasteiger partial charge is 0.313 e. The minimum Gasteiger partial charge on any atom is -0.313 e. The maximum absolute atomic E-state index is 12.4. The Morgan fingerprint density at radius 3 is 2.65 bits per heavy atom. The lowest BCUT2D eigenvalue weighted by Crippen LogP contribution is -2.44. The third-order valence-corrected chi connectivity index (χ3v) is 2.99. The minimum atomic E-state index is -4.43. The summed E-state index contributed by atoms with van der Waals surface area (Å²) in [4.78, 5) is 1.59. The van der Waals surface area contributed by atoms with E-state index in [1.807, 2.05) is 0 Å². The monoisotopic (exact) mass is 249 g/mol. The molecule has 0 aromatic carbocycles. The van der Waals surface area contributed by atoms with Crippen LogP contribution in [0.1, 0.15) is 19.3 Å². The van der Waals surface area contributed by atoms with Gasteiger partial charge in [-0.15, -0.1) is 0 Å². The quantitative estimate of drug-likeness (QED) is 0.825. The molecule has 1 rings (SSSR count). The largest absolute Gasteiger partial charge is 0.405 e. The van der Waals surface area contributed by atoms with Gasteiger partial charge in [0.05, 0.1) is 6.07 Å². The van der Waals surface area contributed by atoms with E-state index in [9.17, 15) is 13.2 Å². The molecule has 1 aliphatic heterocycles. The molecule has 1 fully saturated rings. The second kappa shape index (κ2) is 6.22. The molecule has 2 unspecified atom stereocenters. The first-order valence-electron chi connectivity index (χ1n) is 5.81. The van der Waals surface area contributed by atoms with Crippen LogP contribution in [0.2, 0.25) is 0 Å². The van der Waals surface area contributed by atoms with Gasteiger partial charge in [0.25, 0.3) is 0 Å². The van der Waals surface area contributed by atoms with Gasteiger partial charge in [-0.2, -0.15) is 18.4 Å². The average Bonchev–Trinajstić information content (AvgIpc) is 2.25. The van der Waals surface area contributed by atoms with Crippen molar-refractivity contribution in [2.24, 2.45) is 5.92 Å². The number of rotatable bonds is 4. The lowest BCUT2D eigenvalue weighted by Gasteiger charge is -2.29. The summed E-state index contributed by atoms with van der Waals surface area (Å²) < 4.78 is 37.2. The van der Waals surface area contributed by atoms with Crippen molar-refractivity contribution in [3.63, 3.8) is 0 Å². The van der Waals surface area contributed by atoms with Gasteiger partial charge in [0, 0.05) is 19.1 Å². The van der Waals surface area contributed by atoms with Gasteiger partial charge in [0.1, 0.15) is 0 Å². The summed E-state index contributed by atoms with van der Waals surface area (Å²) in [6.45, 7) is 1.24. The highest BCUT2D eigenvalue weighted by atomic mass is 19.4. The molecule has 0 aromatic rings. The summed E-state index contributed by atoms with van der Waals surface area (Å²) in [6, 6.07) is 1.57. The molecule has 1 aliphatic rings. The SMILES string of the molecule is CN(CC1CCCCN1)CC(C#N)C(F)(F)F. The lowest BCUT2D eigenvalue weighted by molar-refractivity contribution is -0.162.